The van der Waals surface area contributed by atoms with Crippen molar-refractivity contribution in [3.63, 3.8) is 0 Å². The molecule has 3 heterocycles. The van der Waals surface area contributed by atoms with Crippen molar-refractivity contribution < 1.29 is 4.79 Å². The van der Waals surface area contributed by atoms with Crippen molar-refractivity contribution >= 4 is 33.2 Å². The molecule has 5 nitrogen and oxygen atoms in total. The highest BCUT2D eigenvalue weighted by atomic mass is 79.9. The third-order valence-electron chi connectivity index (χ3n) is 3.26. The molecule has 0 radical (unpaired) electrons. The van der Waals surface area contributed by atoms with Crippen molar-refractivity contribution in [3.8, 4) is 0 Å². The van der Waals surface area contributed by atoms with Gasteiger partial charge in [0.2, 0.25) is 5.91 Å². The molecule has 7 heteroatoms. The summed E-state index contributed by atoms with van der Waals surface area (Å²) in [5, 5.41) is 0. The lowest BCUT2D eigenvalue weighted by Gasteiger charge is -2.19. The molecule has 3 rings (SSSR count). The lowest BCUT2D eigenvalue weighted by Crippen LogP contribution is -2.42. The molecular weight excluding hydrogens is 340 g/mol. The van der Waals surface area contributed by atoms with E-state index in [-0.39, 0.29) is 5.91 Å². The zero-order chi connectivity index (χ0) is 14.1. The summed E-state index contributed by atoms with van der Waals surface area (Å²) in [6.07, 6.45) is 3.83. The third-order valence-corrected chi connectivity index (χ3v) is 4.91. The van der Waals surface area contributed by atoms with Crippen LogP contribution in [0.1, 0.15) is 16.1 Å². The zero-order valence-electron chi connectivity index (χ0n) is 10.6. The Hall–Kier alpha value is -1.31. The quantitative estimate of drug-likeness (QED) is 0.912. The highest BCUT2D eigenvalue weighted by molar-refractivity contribution is 9.11. The average Bonchev–Trinajstić information content (AvgIpc) is 3.03. The molecule has 0 bridgehead atoms. The second kappa shape index (κ2) is 5.59. The van der Waals surface area contributed by atoms with E-state index in [1.165, 1.54) is 6.33 Å². The summed E-state index contributed by atoms with van der Waals surface area (Å²) in [7, 11) is 0. The molecule has 20 heavy (non-hydrogen) atoms. The van der Waals surface area contributed by atoms with Crippen molar-refractivity contribution in [3.05, 3.63) is 44.6 Å². The molecule has 2 aromatic rings. The second-order valence-electron chi connectivity index (χ2n) is 4.71. The zero-order valence-corrected chi connectivity index (χ0v) is 13.0. The Bertz CT molecular complexity index is 620. The Morgan fingerprint density at radius 1 is 1.50 bits per heavy atom. The van der Waals surface area contributed by atoms with Crippen molar-refractivity contribution in [1.29, 1.82) is 0 Å². The van der Waals surface area contributed by atoms with E-state index in [1.54, 1.807) is 22.4 Å². The molecule has 0 spiro atoms. The number of nitrogens with zero attached hydrogens (tertiary/aromatic N) is 3. The predicted molar refractivity (Wildman–Crippen MR) is 80.0 cm³/mol. The lowest BCUT2D eigenvalue weighted by atomic mass is 10.1. The van der Waals surface area contributed by atoms with Crippen molar-refractivity contribution in [1.82, 2.24) is 14.9 Å². The van der Waals surface area contributed by atoms with Gasteiger partial charge in [-0.25, -0.2) is 9.97 Å². The van der Waals surface area contributed by atoms with Crippen LogP contribution in [-0.2, 0) is 24.3 Å². The maximum Gasteiger partial charge on any atom is 0.240 e. The number of nitrogens with two attached hydrogens (primary N) is 1. The van der Waals surface area contributed by atoms with E-state index >= 15 is 0 Å². The lowest BCUT2D eigenvalue weighted by molar-refractivity contribution is -0.133. The van der Waals surface area contributed by atoms with E-state index in [0.717, 1.165) is 19.9 Å². The number of fused-ring (bicyclic) bond motifs is 1. The summed E-state index contributed by atoms with van der Waals surface area (Å²) < 4.78 is 1.05. The van der Waals surface area contributed by atoms with Gasteiger partial charge in [-0.3, -0.25) is 4.79 Å². The number of hydrogen-bond acceptors (Lipinski definition) is 5. The van der Waals surface area contributed by atoms with Gasteiger partial charge >= 0.3 is 0 Å². The van der Waals surface area contributed by atoms with Gasteiger partial charge in [-0.05, 0) is 28.1 Å². The van der Waals surface area contributed by atoms with E-state index < -0.39 is 6.04 Å². The summed E-state index contributed by atoms with van der Waals surface area (Å²) in [6, 6.07) is 3.45. The molecule has 0 fully saturated rings. The predicted octanol–water partition coefficient (Wildman–Crippen LogP) is 1.71. The van der Waals surface area contributed by atoms with Crippen LogP contribution in [-0.4, -0.2) is 26.8 Å². The van der Waals surface area contributed by atoms with Gasteiger partial charge in [-0.1, -0.05) is 0 Å². The Morgan fingerprint density at radius 3 is 3.05 bits per heavy atom. The molecule has 0 saturated carbocycles. The van der Waals surface area contributed by atoms with Crippen LogP contribution in [0.5, 0.6) is 0 Å². The fourth-order valence-corrected chi connectivity index (χ4v) is 3.80. The summed E-state index contributed by atoms with van der Waals surface area (Å²) in [4.78, 5) is 23.4. The van der Waals surface area contributed by atoms with E-state index in [1.807, 2.05) is 12.1 Å². The summed E-state index contributed by atoms with van der Waals surface area (Å²) >= 11 is 5.02. The maximum atomic E-state index is 12.4. The van der Waals surface area contributed by atoms with Crippen LogP contribution in [0.25, 0.3) is 0 Å². The van der Waals surface area contributed by atoms with E-state index in [0.29, 0.717) is 19.5 Å². The molecule has 104 valence electrons. The van der Waals surface area contributed by atoms with Gasteiger partial charge < -0.3 is 10.6 Å². The highest BCUT2D eigenvalue weighted by Gasteiger charge is 2.28. The molecule has 1 aliphatic rings. The van der Waals surface area contributed by atoms with Gasteiger partial charge in [0, 0.05) is 29.6 Å². The Labute approximate surface area is 129 Å². The van der Waals surface area contributed by atoms with Gasteiger partial charge in [0.05, 0.1) is 22.1 Å². The van der Waals surface area contributed by atoms with Gasteiger partial charge in [0.25, 0.3) is 0 Å². The summed E-state index contributed by atoms with van der Waals surface area (Å²) in [5.41, 5.74) is 7.96. The first kappa shape index (κ1) is 13.7. The Kier molecular flexibility index (Phi) is 3.82. The third kappa shape index (κ3) is 2.74. The first-order valence-corrected chi connectivity index (χ1v) is 7.81. The minimum atomic E-state index is -0.511. The molecule has 1 unspecified atom stereocenters. The minimum Gasteiger partial charge on any atom is -0.331 e. The van der Waals surface area contributed by atoms with E-state index in [4.69, 9.17) is 5.73 Å². The normalized spacial score (nSPS) is 15.2. The van der Waals surface area contributed by atoms with Crippen LogP contribution in [0.4, 0.5) is 0 Å². The van der Waals surface area contributed by atoms with Crippen molar-refractivity contribution in [2.24, 2.45) is 5.73 Å². The van der Waals surface area contributed by atoms with Gasteiger partial charge in [0.1, 0.15) is 6.33 Å². The van der Waals surface area contributed by atoms with Gasteiger partial charge in [-0.15, -0.1) is 11.3 Å². The fraction of sp³-hybridized carbons (Fsp3) is 0.308. The molecule has 1 atom stereocenters. The van der Waals surface area contributed by atoms with Crippen molar-refractivity contribution in [2.75, 3.05) is 0 Å². The first-order valence-electron chi connectivity index (χ1n) is 6.20. The molecule has 0 saturated heterocycles. The minimum absolute atomic E-state index is 0.0347. The van der Waals surface area contributed by atoms with Crippen LogP contribution in [0.15, 0.2) is 28.4 Å². The number of hydrogen-bond donors (Lipinski definition) is 1. The first-order chi connectivity index (χ1) is 9.63. The maximum absolute atomic E-state index is 12.4. The van der Waals surface area contributed by atoms with Crippen LogP contribution < -0.4 is 5.73 Å². The molecule has 1 aliphatic heterocycles. The van der Waals surface area contributed by atoms with Crippen LogP contribution in [0, 0.1) is 0 Å². The van der Waals surface area contributed by atoms with Crippen LogP contribution in [0.2, 0.25) is 0 Å². The topological polar surface area (TPSA) is 72.1 Å². The molecule has 2 aromatic heterocycles. The Morgan fingerprint density at radius 2 is 2.35 bits per heavy atom. The number of carbonyl (C=O) groups is 1. The number of thiophene rings is 1. The monoisotopic (exact) mass is 352 g/mol. The SMILES string of the molecule is NC(Cc1ccc(Br)s1)C(=O)N1Cc2cncnc2C1. The number of rotatable bonds is 3. The summed E-state index contributed by atoms with van der Waals surface area (Å²) in [6.45, 7) is 1.08. The molecular formula is C13H13BrN4OS. The molecule has 1 amide bonds. The largest absolute Gasteiger partial charge is 0.331 e. The number of aromatic nitrogens is 2. The van der Waals surface area contributed by atoms with Gasteiger partial charge in [-0.2, -0.15) is 0 Å². The highest BCUT2D eigenvalue weighted by Crippen LogP contribution is 2.24. The van der Waals surface area contributed by atoms with Crippen LogP contribution in [0.3, 0.4) is 0 Å². The smallest absolute Gasteiger partial charge is 0.240 e. The van der Waals surface area contributed by atoms with Gasteiger partial charge in [0.15, 0.2) is 0 Å². The number of amides is 1. The number of halogens is 1. The van der Waals surface area contributed by atoms with E-state index in [9.17, 15) is 4.79 Å². The van der Waals surface area contributed by atoms with Crippen LogP contribution >= 0.6 is 27.3 Å². The molecule has 0 aliphatic carbocycles. The average molecular weight is 353 g/mol. The number of carbonyl (C=O) groups excluding carboxylic acids is 1. The fourth-order valence-electron chi connectivity index (χ4n) is 2.26. The standard InChI is InChI=1S/C13H13BrN4OS/c14-12-2-1-9(20-12)3-10(15)13(19)18-5-8-4-16-7-17-11(8)6-18/h1-2,4,7,10H,3,5-6,15H2. The van der Waals surface area contributed by atoms with E-state index in [2.05, 4.69) is 25.9 Å². The molecule has 0 aromatic carbocycles. The Balaban J connectivity index is 1.65. The van der Waals surface area contributed by atoms with Crippen molar-refractivity contribution in [2.45, 2.75) is 25.6 Å². The second-order valence-corrected chi connectivity index (χ2v) is 7.25. The molecule has 2 N–H and O–H groups in total. The summed E-state index contributed by atoms with van der Waals surface area (Å²) in [5.74, 6) is -0.0347.